The highest BCUT2D eigenvalue weighted by Gasteiger charge is 2.16. The van der Waals surface area contributed by atoms with E-state index in [4.69, 9.17) is 4.42 Å². The van der Waals surface area contributed by atoms with Crippen molar-refractivity contribution in [1.29, 1.82) is 0 Å². The molecule has 1 aromatic heterocycles. The Morgan fingerprint density at radius 3 is 2.43 bits per heavy atom. The lowest BCUT2D eigenvalue weighted by molar-refractivity contribution is 0.433. The minimum absolute atomic E-state index is 0.0628. The van der Waals surface area contributed by atoms with Gasteiger partial charge >= 0.3 is 6.01 Å². The van der Waals surface area contributed by atoms with E-state index in [-0.39, 0.29) is 11.6 Å². The van der Waals surface area contributed by atoms with E-state index in [1.165, 1.54) is 0 Å². The Morgan fingerprint density at radius 1 is 1.29 bits per heavy atom. The highest BCUT2D eigenvalue weighted by atomic mass is 16.4. The zero-order valence-corrected chi connectivity index (χ0v) is 9.38. The molecule has 0 radical (unpaired) electrons. The first kappa shape index (κ1) is 11.0. The fraction of sp³-hybridized carbons (Fsp3) is 0.778. The molecule has 1 unspecified atom stereocenters. The lowest BCUT2D eigenvalue weighted by Crippen LogP contribution is -2.26. The van der Waals surface area contributed by atoms with Crippen molar-refractivity contribution in [1.82, 2.24) is 15.5 Å². The number of rotatable bonds is 3. The lowest BCUT2D eigenvalue weighted by atomic mass is 10.1. The summed E-state index contributed by atoms with van der Waals surface area (Å²) in [5, 5.41) is 14.0. The summed E-state index contributed by atoms with van der Waals surface area (Å²) >= 11 is 0. The molecule has 0 saturated carbocycles. The molecule has 0 aliphatic heterocycles. The van der Waals surface area contributed by atoms with Crippen molar-refractivity contribution >= 4 is 6.01 Å². The zero-order chi connectivity index (χ0) is 10.8. The van der Waals surface area contributed by atoms with Crippen molar-refractivity contribution in [2.75, 3.05) is 12.4 Å². The van der Waals surface area contributed by atoms with Crippen LogP contribution in [0.3, 0.4) is 0 Å². The summed E-state index contributed by atoms with van der Waals surface area (Å²) in [4.78, 5) is 0. The summed E-state index contributed by atoms with van der Waals surface area (Å²) in [5.74, 6) is 0.597. The molecule has 0 aliphatic carbocycles. The predicted octanol–water partition coefficient (Wildman–Crippen LogP) is 1.56. The second-order valence-electron chi connectivity index (χ2n) is 4.33. The van der Waals surface area contributed by atoms with Crippen molar-refractivity contribution in [2.24, 2.45) is 0 Å². The van der Waals surface area contributed by atoms with Crippen LogP contribution < -0.4 is 10.6 Å². The van der Waals surface area contributed by atoms with E-state index < -0.39 is 0 Å². The molecule has 80 valence electrons. The zero-order valence-electron chi connectivity index (χ0n) is 9.38. The van der Waals surface area contributed by atoms with Crippen LogP contribution in [0.5, 0.6) is 0 Å². The summed E-state index contributed by atoms with van der Waals surface area (Å²) < 4.78 is 5.42. The Kier molecular flexibility index (Phi) is 3.10. The van der Waals surface area contributed by atoms with Crippen molar-refractivity contribution in [3.63, 3.8) is 0 Å². The van der Waals surface area contributed by atoms with Crippen LogP contribution in [0.2, 0.25) is 0 Å². The molecule has 0 aromatic carbocycles. The van der Waals surface area contributed by atoms with Crippen LogP contribution in [-0.2, 0) is 0 Å². The molecule has 5 nitrogen and oxygen atoms in total. The topological polar surface area (TPSA) is 63.0 Å². The van der Waals surface area contributed by atoms with Crippen molar-refractivity contribution in [2.45, 2.75) is 39.3 Å². The normalized spacial score (nSPS) is 14.1. The summed E-state index contributed by atoms with van der Waals surface area (Å²) in [6.07, 6.45) is 0. The van der Waals surface area contributed by atoms with E-state index in [0.29, 0.717) is 11.9 Å². The fourth-order valence-electron chi connectivity index (χ4n) is 0.904. The number of nitrogens with zero attached hydrogens (tertiary/aromatic N) is 2. The molecular formula is C9H18N4O. The van der Waals surface area contributed by atoms with Gasteiger partial charge in [-0.1, -0.05) is 5.10 Å². The average molecular weight is 198 g/mol. The lowest BCUT2D eigenvalue weighted by Gasteiger charge is -2.18. The van der Waals surface area contributed by atoms with Gasteiger partial charge in [-0.15, -0.1) is 5.10 Å². The van der Waals surface area contributed by atoms with Crippen LogP contribution in [0.1, 0.15) is 39.6 Å². The largest absolute Gasteiger partial charge is 0.406 e. The first-order chi connectivity index (χ1) is 6.42. The van der Waals surface area contributed by atoms with Gasteiger partial charge in [0, 0.05) is 5.54 Å². The first-order valence-electron chi connectivity index (χ1n) is 4.71. The van der Waals surface area contributed by atoms with Crippen LogP contribution in [0.4, 0.5) is 6.01 Å². The quantitative estimate of drug-likeness (QED) is 0.771. The molecule has 1 aromatic rings. The molecule has 1 heterocycles. The van der Waals surface area contributed by atoms with Gasteiger partial charge in [-0.3, -0.25) is 0 Å². The van der Waals surface area contributed by atoms with Crippen LogP contribution in [-0.4, -0.2) is 22.8 Å². The van der Waals surface area contributed by atoms with Gasteiger partial charge in [-0.25, -0.2) is 0 Å². The summed E-state index contributed by atoms with van der Waals surface area (Å²) in [7, 11) is 1.85. The van der Waals surface area contributed by atoms with Crippen molar-refractivity contribution in [3.05, 3.63) is 5.89 Å². The minimum Gasteiger partial charge on any atom is -0.406 e. The molecule has 0 spiro atoms. The highest BCUT2D eigenvalue weighted by Crippen LogP contribution is 2.16. The van der Waals surface area contributed by atoms with E-state index in [0.717, 1.165) is 0 Å². The molecule has 0 saturated heterocycles. The van der Waals surface area contributed by atoms with Gasteiger partial charge in [0.15, 0.2) is 0 Å². The minimum atomic E-state index is -0.0628. The summed E-state index contributed by atoms with van der Waals surface area (Å²) in [5.41, 5.74) is -0.0628. The second kappa shape index (κ2) is 3.96. The molecule has 0 amide bonds. The fourth-order valence-corrected chi connectivity index (χ4v) is 0.904. The van der Waals surface area contributed by atoms with Gasteiger partial charge in [0.25, 0.3) is 0 Å². The monoisotopic (exact) mass is 198 g/mol. The molecular weight excluding hydrogens is 180 g/mol. The Labute approximate surface area is 84.3 Å². The average Bonchev–Trinajstić information content (AvgIpc) is 2.48. The summed E-state index contributed by atoms with van der Waals surface area (Å²) in [6.45, 7) is 8.09. The molecule has 1 rings (SSSR count). The van der Waals surface area contributed by atoms with Gasteiger partial charge in [-0.2, -0.15) is 0 Å². The second-order valence-corrected chi connectivity index (χ2v) is 4.33. The molecule has 5 heteroatoms. The van der Waals surface area contributed by atoms with E-state index in [9.17, 15) is 0 Å². The number of hydrogen-bond acceptors (Lipinski definition) is 5. The van der Waals surface area contributed by atoms with Gasteiger partial charge in [0.2, 0.25) is 5.89 Å². The van der Waals surface area contributed by atoms with Crippen LogP contribution in [0.15, 0.2) is 4.42 Å². The van der Waals surface area contributed by atoms with E-state index in [2.05, 4.69) is 20.8 Å². The molecule has 0 aliphatic rings. The third kappa shape index (κ3) is 2.99. The molecule has 0 fully saturated rings. The van der Waals surface area contributed by atoms with Gasteiger partial charge < -0.3 is 15.1 Å². The van der Waals surface area contributed by atoms with Crippen LogP contribution in [0, 0.1) is 0 Å². The van der Waals surface area contributed by atoms with Gasteiger partial charge in [-0.05, 0) is 34.7 Å². The molecule has 1 atom stereocenters. The maximum atomic E-state index is 5.42. The number of anilines is 1. The maximum absolute atomic E-state index is 5.42. The third-order valence-corrected chi connectivity index (χ3v) is 1.73. The van der Waals surface area contributed by atoms with E-state index in [1.807, 2.05) is 34.7 Å². The van der Waals surface area contributed by atoms with E-state index >= 15 is 0 Å². The van der Waals surface area contributed by atoms with Crippen molar-refractivity contribution < 1.29 is 4.42 Å². The maximum Gasteiger partial charge on any atom is 0.315 e. The molecule has 14 heavy (non-hydrogen) atoms. The van der Waals surface area contributed by atoms with Gasteiger partial charge in [0.05, 0.1) is 6.04 Å². The number of aromatic nitrogens is 2. The van der Waals surface area contributed by atoms with Crippen LogP contribution in [0.25, 0.3) is 0 Å². The SMILES string of the molecule is CNC(C)c1nnc(NC(C)(C)C)o1. The Balaban J connectivity index is 2.69. The number of hydrogen-bond donors (Lipinski definition) is 2. The summed E-state index contributed by atoms with van der Waals surface area (Å²) in [6, 6.07) is 0.549. The number of nitrogens with one attached hydrogen (secondary N) is 2. The standard InChI is InChI=1S/C9H18N4O/c1-6(10-5)7-12-13-8(14-7)11-9(2,3)4/h6,10H,1-5H3,(H,11,13). The van der Waals surface area contributed by atoms with E-state index in [1.54, 1.807) is 0 Å². The van der Waals surface area contributed by atoms with Gasteiger partial charge in [0.1, 0.15) is 0 Å². The van der Waals surface area contributed by atoms with Crippen LogP contribution >= 0.6 is 0 Å². The Hall–Kier alpha value is -1.10. The first-order valence-corrected chi connectivity index (χ1v) is 4.71. The predicted molar refractivity (Wildman–Crippen MR) is 55.1 cm³/mol. The molecule has 2 N–H and O–H groups in total. The smallest absolute Gasteiger partial charge is 0.315 e. The third-order valence-electron chi connectivity index (χ3n) is 1.73. The highest BCUT2D eigenvalue weighted by molar-refractivity contribution is 5.21. The Morgan fingerprint density at radius 2 is 1.93 bits per heavy atom. The molecule has 0 bridgehead atoms. The Bertz CT molecular complexity index is 289. The van der Waals surface area contributed by atoms with Crippen molar-refractivity contribution in [3.8, 4) is 0 Å².